The van der Waals surface area contributed by atoms with Crippen molar-refractivity contribution in [1.82, 2.24) is 0 Å². The minimum Gasteiger partial charge on any atom is -0.463 e. The summed E-state index contributed by atoms with van der Waals surface area (Å²) < 4.78 is 9.99. The second-order valence-electron chi connectivity index (χ2n) is 4.16. The Morgan fingerprint density at radius 1 is 1.38 bits per heavy atom. The summed E-state index contributed by atoms with van der Waals surface area (Å²) in [5.41, 5.74) is 0. The highest BCUT2D eigenvalue weighted by molar-refractivity contribution is 5.69. The summed E-state index contributed by atoms with van der Waals surface area (Å²) in [5.74, 6) is -0.0797. The van der Waals surface area contributed by atoms with Crippen LogP contribution in [0, 0.1) is 0 Å². The number of ether oxygens (including phenoxy) is 2. The lowest BCUT2D eigenvalue weighted by Crippen LogP contribution is -2.09. The van der Waals surface area contributed by atoms with Gasteiger partial charge in [-0.25, -0.2) is 0 Å². The first-order valence-corrected chi connectivity index (χ1v) is 6.21. The molecule has 16 heavy (non-hydrogen) atoms. The van der Waals surface area contributed by atoms with Gasteiger partial charge in [0.1, 0.15) is 12.7 Å². The summed E-state index contributed by atoms with van der Waals surface area (Å²) in [4.78, 5) is 11.2. The van der Waals surface area contributed by atoms with Crippen LogP contribution >= 0.6 is 0 Å². The summed E-state index contributed by atoms with van der Waals surface area (Å²) in [6.07, 6.45) is 10.6. The number of rotatable bonds is 9. The molecule has 0 saturated carbocycles. The van der Waals surface area contributed by atoms with Crippen LogP contribution in [0.25, 0.3) is 0 Å². The van der Waals surface area contributed by atoms with E-state index < -0.39 is 0 Å². The molecule has 1 atom stereocenters. The molecule has 0 aromatic carbocycles. The fourth-order valence-electron chi connectivity index (χ4n) is 1.47. The molecule has 3 heteroatoms. The fourth-order valence-corrected chi connectivity index (χ4v) is 1.47. The maximum atomic E-state index is 11.2. The van der Waals surface area contributed by atoms with E-state index in [1.807, 2.05) is 6.92 Å². The Morgan fingerprint density at radius 2 is 2.12 bits per heavy atom. The number of esters is 1. The molecular weight excluding hydrogens is 204 g/mol. The van der Waals surface area contributed by atoms with Crippen LogP contribution in [-0.2, 0) is 14.3 Å². The van der Waals surface area contributed by atoms with Gasteiger partial charge in [0.15, 0.2) is 0 Å². The molecule has 1 rings (SSSR count). The molecule has 3 nitrogen and oxygen atoms in total. The SMILES string of the molecule is C/C=C/CCCCCCC(=O)OCC1CO1. The van der Waals surface area contributed by atoms with E-state index in [1.54, 1.807) is 0 Å². The van der Waals surface area contributed by atoms with Crippen LogP contribution < -0.4 is 0 Å². The van der Waals surface area contributed by atoms with E-state index in [0.29, 0.717) is 13.0 Å². The molecule has 0 N–H and O–H groups in total. The maximum Gasteiger partial charge on any atom is 0.305 e. The summed E-state index contributed by atoms with van der Waals surface area (Å²) in [6.45, 7) is 3.23. The second-order valence-corrected chi connectivity index (χ2v) is 4.16. The van der Waals surface area contributed by atoms with Crippen molar-refractivity contribution < 1.29 is 14.3 Å². The van der Waals surface area contributed by atoms with E-state index in [4.69, 9.17) is 9.47 Å². The van der Waals surface area contributed by atoms with Crippen LogP contribution in [0.3, 0.4) is 0 Å². The van der Waals surface area contributed by atoms with Gasteiger partial charge in [-0.1, -0.05) is 25.0 Å². The van der Waals surface area contributed by atoms with Gasteiger partial charge in [-0.2, -0.15) is 0 Å². The normalized spacial score (nSPS) is 18.9. The number of carbonyl (C=O) groups excluding carboxylic acids is 1. The number of carbonyl (C=O) groups is 1. The van der Waals surface area contributed by atoms with Gasteiger partial charge in [0.05, 0.1) is 6.61 Å². The van der Waals surface area contributed by atoms with Gasteiger partial charge >= 0.3 is 5.97 Å². The van der Waals surface area contributed by atoms with Crippen molar-refractivity contribution in [1.29, 1.82) is 0 Å². The van der Waals surface area contributed by atoms with Crippen molar-refractivity contribution in [3.05, 3.63) is 12.2 Å². The summed E-state index contributed by atoms with van der Waals surface area (Å²) in [6, 6.07) is 0. The molecule has 0 aromatic heterocycles. The molecule has 0 bridgehead atoms. The van der Waals surface area contributed by atoms with Gasteiger partial charge < -0.3 is 9.47 Å². The Balaban J connectivity index is 1.80. The van der Waals surface area contributed by atoms with Crippen molar-refractivity contribution in [2.24, 2.45) is 0 Å². The van der Waals surface area contributed by atoms with E-state index in [2.05, 4.69) is 12.2 Å². The Bertz CT molecular complexity index is 219. The van der Waals surface area contributed by atoms with Gasteiger partial charge in [-0.05, 0) is 26.2 Å². The van der Waals surface area contributed by atoms with Crippen LogP contribution in [0.2, 0.25) is 0 Å². The molecule has 0 radical (unpaired) electrons. The van der Waals surface area contributed by atoms with Gasteiger partial charge in [0, 0.05) is 6.42 Å². The van der Waals surface area contributed by atoms with Crippen molar-refractivity contribution in [3.63, 3.8) is 0 Å². The molecule has 1 aliphatic rings. The quantitative estimate of drug-likeness (QED) is 0.263. The molecule has 0 spiro atoms. The van der Waals surface area contributed by atoms with Gasteiger partial charge in [0.25, 0.3) is 0 Å². The maximum absolute atomic E-state index is 11.2. The predicted molar refractivity (Wildman–Crippen MR) is 63.2 cm³/mol. The Hall–Kier alpha value is -0.830. The third kappa shape index (κ3) is 7.46. The highest BCUT2D eigenvalue weighted by atomic mass is 16.6. The molecule has 1 aliphatic heterocycles. The predicted octanol–water partition coefficient (Wildman–Crippen LogP) is 2.85. The summed E-state index contributed by atoms with van der Waals surface area (Å²) >= 11 is 0. The van der Waals surface area contributed by atoms with E-state index in [9.17, 15) is 4.79 Å². The first kappa shape index (κ1) is 13.2. The van der Waals surface area contributed by atoms with Gasteiger partial charge in [-0.15, -0.1) is 0 Å². The van der Waals surface area contributed by atoms with Crippen LogP contribution in [0.4, 0.5) is 0 Å². The molecule has 0 aliphatic carbocycles. The van der Waals surface area contributed by atoms with Crippen molar-refractivity contribution in [2.75, 3.05) is 13.2 Å². The average Bonchev–Trinajstić information content (AvgIpc) is 3.09. The zero-order valence-electron chi connectivity index (χ0n) is 10.1. The summed E-state index contributed by atoms with van der Waals surface area (Å²) in [7, 11) is 0. The Morgan fingerprint density at radius 3 is 2.81 bits per heavy atom. The average molecular weight is 226 g/mol. The van der Waals surface area contributed by atoms with Crippen molar-refractivity contribution >= 4 is 5.97 Å². The largest absolute Gasteiger partial charge is 0.463 e. The third-order valence-electron chi connectivity index (χ3n) is 2.57. The smallest absolute Gasteiger partial charge is 0.305 e. The van der Waals surface area contributed by atoms with E-state index >= 15 is 0 Å². The van der Waals surface area contributed by atoms with Gasteiger partial charge in [-0.3, -0.25) is 4.79 Å². The number of epoxide rings is 1. The fraction of sp³-hybridized carbons (Fsp3) is 0.769. The van der Waals surface area contributed by atoms with Crippen LogP contribution in [-0.4, -0.2) is 25.3 Å². The van der Waals surface area contributed by atoms with Crippen molar-refractivity contribution in [2.45, 2.75) is 51.6 Å². The molecule has 1 heterocycles. The topological polar surface area (TPSA) is 38.8 Å². The number of unbranched alkanes of at least 4 members (excludes halogenated alkanes) is 4. The molecule has 1 fully saturated rings. The van der Waals surface area contributed by atoms with E-state index in [-0.39, 0.29) is 12.1 Å². The highest BCUT2D eigenvalue weighted by Gasteiger charge is 2.23. The second kappa shape index (κ2) is 8.34. The molecule has 0 aromatic rings. The Labute approximate surface area is 97.8 Å². The van der Waals surface area contributed by atoms with Gasteiger partial charge in [0.2, 0.25) is 0 Å². The van der Waals surface area contributed by atoms with E-state index in [1.165, 1.54) is 12.8 Å². The molecular formula is C13H22O3. The minimum absolute atomic E-state index is 0.0797. The third-order valence-corrected chi connectivity index (χ3v) is 2.57. The van der Waals surface area contributed by atoms with E-state index in [0.717, 1.165) is 25.9 Å². The zero-order valence-corrected chi connectivity index (χ0v) is 10.1. The summed E-state index contributed by atoms with van der Waals surface area (Å²) in [5, 5.41) is 0. The van der Waals surface area contributed by atoms with Crippen molar-refractivity contribution in [3.8, 4) is 0 Å². The number of allylic oxidation sites excluding steroid dienone is 2. The first-order chi connectivity index (χ1) is 7.83. The van der Waals surface area contributed by atoms with Crippen LogP contribution in [0.15, 0.2) is 12.2 Å². The standard InChI is InChI=1S/C13H22O3/c1-2-3-4-5-6-7-8-9-13(14)16-11-12-10-15-12/h2-3,12H,4-11H2,1H3/b3-2+. The lowest BCUT2D eigenvalue weighted by molar-refractivity contribution is -0.144. The number of hydrogen-bond acceptors (Lipinski definition) is 3. The van der Waals surface area contributed by atoms with Crippen LogP contribution in [0.1, 0.15) is 45.4 Å². The monoisotopic (exact) mass is 226 g/mol. The first-order valence-electron chi connectivity index (χ1n) is 6.21. The lowest BCUT2D eigenvalue weighted by atomic mass is 10.1. The number of hydrogen-bond donors (Lipinski definition) is 0. The Kier molecular flexibility index (Phi) is 6.90. The molecule has 92 valence electrons. The molecule has 1 unspecified atom stereocenters. The van der Waals surface area contributed by atoms with Crippen LogP contribution in [0.5, 0.6) is 0 Å². The molecule has 0 amide bonds. The highest BCUT2D eigenvalue weighted by Crippen LogP contribution is 2.10. The minimum atomic E-state index is -0.0797. The zero-order chi connectivity index (χ0) is 11.6. The molecule has 1 saturated heterocycles. The lowest BCUT2D eigenvalue weighted by Gasteiger charge is -2.02.